The predicted molar refractivity (Wildman–Crippen MR) is 163 cm³/mol. The first-order valence-electron chi connectivity index (χ1n) is 13.9. The molecule has 0 bridgehead atoms. The summed E-state index contributed by atoms with van der Waals surface area (Å²) in [5.41, 5.74) is 1.63. The second-order valence-corrected chi connectivity index (χ2v) is 15.6. The van der Waals surface area contributed by atoms with E-state index >= 15 is 0 Å². The molecule has 2 aromatic rings. The van der Waals surface area contributed by atoms with Gasteiger partial charge in [-0.05, 0) is 36.5 Å². The number of phosphoric acid groups is 3. The molecule has 0 saturated carbocycles. The lowest BCUT2D eigenvalue weighted by Crippen LogP contribution is -2.34. The summed E-state index contributed by atoms with van der Waals surface area (Å²) >= 11 is 0. The van der Waals surface area contributed by atoms with Crippen LogP contribution >= 0.6 is 23.5 Å². The molecule has 17 nitrogen and oxygen atoms in total. The molecule has 3 unspecified atom stereocenters. The second kappa shape index (κ2) is 16.1. The van der Waals surface area contributed by atoms with Gasteiger partial charge in [-0.2, -0.15) is 8.62 Å². The highest BCUT2D eigenvalue weighted by Gasteiger charge is 2.45. The molecule has 3 N–H and O–H groups in total. The average Bonchev–Trinajstić information content (AvgIpc) is 3.36. The Balaban J connectivity index is 1.66. The third-order valence-electron chi connectivity index (χ3n) is 6.89. The van der Waals surface area contributed by atoms with Gasteiger partial charge in [0.2, 0.25) is 0 Å². The molecule has 0 saturated heterocycles. The van der Waals surface area contributed by atoms with Crippen molar-refractivity contribution in [2.75, 3.05) is 27.4 Å². The Morgan fingerprint density at radius 3 is 2.28 bits per heavy atom. The predicted octanol–water partition coefficient (Wildman–Crippen LogP) is 5.28. The van der Waals surface area contributed by atoms with E-state index in [2.05, 4.69) is 13.8 Å². The minimum atomic E-state index is -5.08. The average molecular weight is 713 g/mol. The van der Waals surface area contributed by atoms with Gasteiger partial charge in [-0.25, -0.2) is 18.5 Å². The summed E-state index contributed by atoms with van der Waals surface area (Å²) in [7, 11) is -13.3. The molecule has 46 heavy (non-hydrogen) atoms. The van der Waals surface area contributed by atoms with Crippen LogP contribution in [0.1, 0.15) is 55.2 Å². The Morgan fingerprint density at radius 2 is 1.67 bits per heavy atom. The summed E-state index contributed by atoms with van der Waals surface area (Å²) < 4.78 is 79.1. The molecule has 20 heteroatoms. The number of aromatic nitrogens is 2. The number of ether oxygens (including phenoxy) is 2. The standard InChI is InChI=1S/C26H39N2O15P3/c1-7-17(2)13-39-44(32,33)42-46(35,37-6)43-45(34,36-5)40-16-23-22(29)11-24(41-23)28-12-20(25(30)27-26(28)31)14-38-15-21-18(3)9-8-10-19(21)4/h8-10,12,17,24,29H,7,11,13-16H2,1-6H3,(H,32,33)(H,27,30,31)/t17-,24+,45?,46?/m0/s1. The fourth-order valence-electron chi connectivity index (χ4n) is 3.95. The lowest BCUT2D eigenvalue weighted by atomic mass is 10.0. The molecule has 2 heterocycles. The van der Waals surface area contributed by atoms with Gasteiger partial charge in [0.25, 0.3) is 5.56 Å². The number of phosphoric ester groups is 2. The van der Waals surface area contributed by atoms with Crippen LogP contribution in [0.2, 0.25) is 0 Å². The van der Waals surface area contributed by atoms with E-state index in [0.717, 1.165) is 35.5 Å². The topological polar surface area (TPSA) is 220 Å². The Bertz CT molecular complexity index is 1650. The van der Waals surface area contributed by atoms with Gasteiger partial charge in [-0.3, -0.25) is 32.4 Å². The SMILES string of the molecule is CC[C@H](C)COP(=O)(O)OP(=O)(OC)OP(=O)(OC)OCC1=C(O)C[C@H](n2cc(COCc3c(C)cccc3C)c(=O)[nH]c2=O)O1. The summed E-state index contributed by atoms with van der Waals surface area (Å²) in [6, 6.07) is 5.81. The third kappa shape index (κ3) is 10.3. The molecular formula is C26H39N2O15P3. The summed E-state index contributed by atoms with van der Waals surface area (Å²) in [5.74, 6) is -0.866. The quantitative estimate of drug-likeness (QED) is 0.167. The van der Waals surface area contributed by atoms with Gasteiger partial charge in [0.15, 0.2) is 12.0 Å². The smallest absolute Gasteiger partial charge is 0.492 e. The van der Waals surface area contributed by atoms with Crippen molar-refractivity contribution in [3.63, 3.8) is 0 Å². The van der Waals surface area contributed by atoms with Crippen molar-refractivity contribution in [1.29, 1.82) is 0 Å². The lowest BCUT2D eigenvalue weighted by Gasteiger charge is -2.23. The molecule has 0 aliphatic carbocycles. The number of hydrogen-bond acceptors (Lipinski definition) is 14. The van der Waals surface area contributed by atoms with Gasteiger partial charge < -0.3 is 19.5 Å². The molecule has 1 aliphatic heterocycles. The van der Waals surface area contributed by atoms with E-state index in [9.17, 15) is 33.3 Å². The molecule has 1 aromatic heterocycles. The first kappa shape index (κ1) is 38.1. The highest BCUT2D eigenvalue weighted by molar-refractivity contribution is 7.67. The first-order valence-corrected chi connectivity index (χ1v) is 18.4. The maximum Gasteiger partial charge on any atom is 0.492 e. The zero-order valence-electron chi connectivity index (χ0n) is 26.2. The Morgan fingerprint density at radius 1 is 1.02 bits per heavy atom. The largest absolute Gasteiger partial charge is 0.508 e. The highest BCUT2D eigenvalue weighted by Crippen LogP contribution is 2.71. The molecule has 0 radical (unpaired) electrons. The van der Waals surface area contributed by atoms with Crippen LogP contribution in [0.4, 0.5) is 0 Å². The maximum absolute atomic E-state index is 13.1. The molecule has 1 aromatic carbocycles. The molecule has 1 aliphatic rings. The fraction of sp³-hybridized carbons (Fsp3) is 0.538. The number of nitrogens with one attached hydrogen (secondary N) is 1. The van der Waals surface area contributed by atoms with E-state index in [1.807, 2.05) is 39.0 Å². The third-order valence-corrected chi connectivity index (χ3v) is 11.9. The first-order chi connectivity index (χ1) is 21.5. The van der Waals surface area contributed by atoms with Crippen molar-refractivity contribution < 1.29 is 59.9 Å². The van der Waals surface area contributed by atoms with Crippen molar-refractivity contribution in [2.24, 2.45) is 5.92 Å². The van der Waals surface area contributed by atoms with Crippen LogP contribution in [0.3, 0.4) is 0 Å². The van der Waals surface area contributed by atoms with E-state index in [4.69, 9.17) is 27.4 Å². The summed E-state index contributed by atoms with van der Waals surface area (Å²) in [6.45, 7) is 6.49. The molecule has 0 spiro atoms. The van der Waals surface area contributed by atoms with Gasteiger partial charge in [-0.15, -0.1) is 0 Å². The fourth-order valence-corrected chi connectivity index (χ4v) is 8.33. The van der Waals surface area contributed by atoms with Crippen molar-refractivity contribution in [3.8, 4) is 0 Å². The minimum absolute atomic E-state index is 0.112. The monoisotopic (exact) mass is 712 g/mol. The van der Waals surface area contributed by atoms with Gasteiger partial charge in [0, 0.05) is 20.4 Å². The van der Waals surface area contributed by atoms with Crippen LogP contribution in [0.5, 0.6) is 0 Å². The minimum Gasteiger partial charge on any atom is -0.508 e. The van der Waals surface area contributed by atoms with Crippen molar-refractivity contribution in [1.82, 2.24) is 9.55 Å². The van der Waals surface area contributed by atoms with Gasteiger partial charge in [0.1, 0.15) is 12.4 Å². The molecule has 258 valence electrons. The number of nitrogens with zero attached hydrogens (tertiary/aromatic N) is 1. The number of benzene rings is 1. The molecule has 0 fully saturated rings. The molecular weight excluding hydrogens is 673 g/mol. The zero-order valence-corrected chi connectivity index (χ0v) is 28.9. The van der Waals surface area contributed by atoms with Gasteiger partial charge >= 0.3 is 29.2 Å². The van der Waals surface area contributed by atoms with E-state index in [1.165, 1.54) is 6.20 Å². The lowest BCUT2D eigenvalue weighted by molar-refractivity contribution is 0.0539. The van der Waals surface area contributed by atoms with E-state index < -0.39 is 53.3 Å². The number of aliphatic hydroxyl groups excluding tert-OH is 1. The zero-order chi connectivity index (χ0) is 34.3. The van der Waals surface area contributed by atoms with Gasteiger partial charge in [-0.1, -0.05) is 38.5 Å². The molecule has 0 amide bonds. The van der Waals surface area contributed by atoms with Crippen molar-refractivity contribution in [3.05, 3.63) is 79.0 Å². The normalized spacial score (nSPS) is 19.7. The van der Waals surface area contributed by atoms with Crippen LogP contribution in [0.25, 0.3) is 0 Å². The number of aromatic amines is 1. The number of rotatable bonds is 18. The van der Waals surface area contributed by atoms with E-state index in [0.29, 0.717) is 6.42 Å². The van der Waals surface area contributed by atoms with Crippen molar-refractivity contribution >= 4 is 23.5 Å². The van der Waals surface area contributed by atoms with Crippen molar-refractivity contribution in [2.45, 2.75) is 60.0 Å². The van der Waals surface area contributed by atoms with Crippen LogP contribution in [-0.2, 0) is 63.1 Å². The number of hydrogen-bond donors (Lipinski definition) is 3. The van der Waals surface area contributed by atoms with Crippen LogP contribution in [-0.4, -0.2) is 47.0 Å². The number of aliphatic hydroxyl groups is 1. The van der Waals surface area contributed by atoms with Gasteiger partial charge in [0.05, 0.1) is 31.8 Å². The van der Waals surface area contributed by atoms with Crippen LogP contribution < -0.4 is 11.2 Å². The second-order valence-electron chi connectivity index (χ2n) is 10.3. The highest BCUT2D eigenvalue weighted by atomic mass is 31.3. The number of H-pyrrole nitrogens is 1. The van der Waals surface area contributed by atoms with Crippen LogP contribution in [0, 0.1) is 19.8 Å². The number of aryl methyl sites for hydroxylation is 2. The van der Waals surface area contributed by atoms with E-state index in [1.54, 1.807) is 6.92 Å². The maximum atomic E-state index is 13.1. The summed E-state index contributed by atoms with van der Waals surface area (Å²) in [5, 5.41) is 10.5. The molecule has 3 rings (SSSR count). The Labute approximate surface area is 265 Å². The van der Waals surface area contributed by atoms with E-state index in [-0.39, 0.29) is 43.5 Å². The molecule has 5 atom stereocenters. The Hall–Kier alpha value is -2.39. The summed E-state index contributed by atoms with van der Waals surface area (Å²) in [4.78, 5) is 37.2. The van der Waals surface area contributed by atoms with Crippen LogP contribution in [0.15, 0.2) is 45.5 Å². The summed E-state index contributed by atoms with van der Waals surface area (Å²) in [6.07, 6.45) is 0.433. The Kier molecular flexibility index (Phi) is 13.4.